The maximum absolute atomic E-state index is 11.8. The van der Waals surface area contributed by atoms with Gasteiger partial charge >= 0.3 is 11.9 Å². The molecule has 26 heavy (non-hydrogen) atoms. The number of carbonyl (C=O) groups is 2. The fourth-order valence-corrected chi connectivity index (χ4v) is 2.46. The van der Waals surface area contributed by atoms with Crippen molar-refractivity contribution in [1.82, 2.24) is 5.32 Å². The van der Waals surface area contributed by atoms with E-state index in [9.17, 15) is 9.59 Å². The summed E-state index contributed by atoms with van der Waals surface area (Å²) >= 11 is 0. The van der Waals surface area contributed by atoms with E-state index in [1.54, 1.807) is 19.9 Å². The van der Waals surface area contributed by atoms with Crippen molar-refractivity contribution in [2.24, 2.45) is 0 Å². The van der Waals surface area contributed by atoms with Crippen LogP contribution in [0.25, 0.3) is 10.8 Å². The van der Waals surface area contributed by atoms with Crippen molar-refractivity contribution in [1.29, 1.82) is 0 Å². The molecule has 0 aliphatic carbocycles. The maximum Gasteiger partial charge on any atom is 0.311 e. The fraction of sp³-hybridized carbons (Fsp3) is 0.400. The van der Waals surface area contributed by atoms with Gasteiger partial charge in [0.1, 0.15) is 0 Å². The highest BCUT2D eigenvalue weighted by molar-refractivity contribution is 5.94. The van der Waals surface area contributed by atoms with Crippen LogP contribution in [0.3, 0.4) is 0 Å². The minimum atomic E-state index is -0.365. The van der Waals surface area contributed by atoms with Crippen LogP contribution in [0.15, 0.2) is 30.3 Å². The minimum Gasteiger partial charge on any atom is -0.422 e. The smallest absolute Gasteiger partial charge is 0.311 e. The highest BCUT2D eigenvalue weighted by Gasteiger charge is 2.16. The van der Waals surface area contributed by atoms with Crippen molar-refractivity contribution >= 4 is 35.1 Å². The molecule has 0 amide bonds. The second-order valence-electron chi connectivity index (χ2n) is 5.71. The van der Waals surface area contributed by atoms with Gasteiger partial charge in [0.2, 0.25) is 0 Å². The summed E-state index contributed by atoms with van der Waals surface area (Å²) in [7, 11) is 0. The summed E-state index contributed by atoms with van der Waals surface area (Å²) in [6.07, 6.45) is 1.42. The molecular weight excluding hydrogens is 354 g/mol. The zero-order valence-corrected chi connectivity index (χ0v) is 16.3. The first-order valence-corrected chi connectivity index (χ1v) is 8.76. The summed E-state index contributed by atoms with van der Waals surface area (Å²) in [5, 5.41) is 5.01. The molecular formula is C20H26ClNO4. The van der Waals surface area contributed by atoms with Crippen LogP contribution >= 0.6 is 12.4 Å². The highest BCUT2D eigenvalue weighted by Crippen LogP contribution is 2.36. The Labute approximate surface area is 160 Å². The summed E-state index contributed by atoms with van der Waals surface area (Å²) in [5.74, 6) is -0.140. The Balaban J connectivity index is 0.00000338. The monoisotopic (exact) mass is 379 g/mol. The minimum absolute atomic E-state index is 0. The van der Waals surface area contributed by atoms with Gasteiger partial charge in [-0.3, -0.25) is 9.59 Å². The Bertz CT molecular complexity index is 761. The number of halogens is 1. The number of esters is 2. The number of nitrogens with one attached hydrogen (secondary N) is 1. The van der Waals surface area contributed by atoms with Crippen molar-refractivity contribution in [2.75, 3.05) is 13.1 Å². The molecule has 0 atom stereocenters. The van der Waals surface area contributed by atoms with Gasteiger partial charge in [0.15, 0.2) is 11.5 Å². The highest BCUT2D eigenvalue weighted by atomic mass is 35.5. The lowest BCUT2D eigenvalue weighted by atomic mass is 10.0. The number of likely N-dealkylation sites (N-methyl/N-ethyl adjacent to an activating group) is 1. The number of ether oxygens (including phenoxy) is 2. The van der Waals surface area contributed by atoms with E-state index in [1.165, 1.54) is 5.56 Å². The van der Waals surface area contributed by atoms with Gasteiger partial charge in [0.05, 0.1) is 0 Å². The van der Waals surface area contributed by atoms with Crippen LogP contribution in [0.1, 0.15) is 39.2 Å². The normalized spacial score (nSPS) is 10.3. The number of hydrogen-bond donors (Lipinski definition) is 1. The summed E-state index contributed by atoms with van der Waals surface area (Å²) in [6, 6.07) is 9.56. The standard InChI is InChI=1S/C20H25NO4.ClH/c1-4-18(22)24-17-10-8-15-13-14(11-12-21-6-3)7-9-16(15)20(17)25-19(23)5-2;/h7-10,13,21H,4-6,11-12H2,1-3H3;1H. The quantitative estimate of drug-likeness (QED) is 0.426. The van der Waals surface area contributed by atoms with Gasteiger partial charge in [-0.05, 0) is 36.5 Å². The molecule has 0 fully saturated rings. The second-order valence-corrected chi connectivity index (χ2v) is 5.71. The number of carbonyl (C=O) groups excluding carboxylic acids is 2. The Morgan fingerprint density at radius 2 is 1.65 bits per heavy atom. The molecule has 6 heteroatoms. The van der Waals surface area contributed by atoms with Gasteiger partial charge < -0.3 is 14.8 Å². The molecule has 2 rings (SSSR count). The topological polar surface area (TPSA) is 64.6 Å². The fourth-order valence-electron chi connectivity index (χ4n) is 2.46. The van der Waals surface area contributed by atoms with Crippen molar-refractivity contribution in [3.8, 4) is 11.5 Å². The summed E-state index contributed by atoms with van der Waals surface area (Å²) < 4.78 is 10.8. The van der Waals surface area contributed by atoms with Crippen LogP contribution in [0.4, 0.5) is 0 Å². The van der Waals surface area contributed by atoms with E-state index in [1.807, 2.05) is 18.2 Å². The predicted molar refractivity (Wildman–Crippen MR) is 105 cm³/mol. The molecule has 0 saturated carbocycles. The van der Waals surface area contributed by atoms with E-state index in [0.717, 1.165) is 30.3 Å². The molecule has 0 radical (unpaired) electrons. The number of benzene rings is 2. The van der Waals surface area contributed by atoms with Crippen LogP contribution in [0.5, 0.6) is 11.5 Å². The van der Waals surface area contributed by atoms with Crippen molar-refractivity contribution in [2.45, 2.75) is 40.0 Å². The lowest BCUT2D eigenvalue weighted by Crippen LogP contribution is -2.16. The van der Waals surface area contributed by atoms with E-state index in [2.05, 4.69) is 18.3 Å². The molecule has 0 spiro atoms. The Hall–Kier alpha value is -2.11. The van der Waals surface area contributed by atoms with E-state index in [-0.39, 0.29) is 42.9 Å². The van der Waals surface area contributed by atoms with Gasteiger partial charge in [0.25, 0.3) is 0 Å². The first-order chi connectivity index (χ1) is 12.1. The Kier molecular flexibility index (Phi) is 9.10. The van der Waals surface area contributed by atoms with Crippen molar-refractivity contribution in [3.63, 3.8) is 0 Å². The molecule has 5 nitrogen and oxygen atoms in total. The Morgan fingerprint density at radius 1 is 0.962 bits per heavy atom. The maximum atomic E-state index is 11.8. The molecule has 0 bridgehead atoms. The lowest BCUT2D eigenvalue weighted by molar-refractivity contribution is -0.136. The zero-order chi connectivity index (χ0) is 18.2. The van der Waals surface area contributed by atoms with E-state index < -0.39 is 0 Å². The molecule has 0 aliphatic rings. The lowest BCUT2D eigenvalue weighted by Gasteiger charge is -2.13. The molecule has 0 unspecified atom stereocenters. The van der Waals surface area contributed by atoms with E-state index in [0.29, 0.717) is 5.75 Å². The molecule has 0 heterocycles. The van der Waals surface area contributed by atoms with Crippen LogP contribution < -0.4 is 14.8 Å². The first-order valence-electron chi connectivity index (χ1n) is 8.76. The molecule has 1 N–H and O–H groups in total. The van der Waals surface area contributed by atoms with Gasteiger partial charge in [-0.15, -0.1) is 12.4 Å². The molecule has 142 valence electrons. The summed E-state index contributed by atoms with van der Waals surface area (Å²) in [5.41, 5.74) is 1.19. The third kappa shape index (κ3) is 5.71. The Morgan fingerprint density at radius 3 is 2.31 bits per heavy atom. The largest absolute Gasteiger partial charge is 0.422 e. The average molecular weight is 380 g/mol. The van der Waals surface area contributed by atoms with Gasteiger partial charge in [-0.2, -0.15) is 0 Å². The summed E-state index contributed by atoms with van der Waals surface area (Å²) in [6.45, 7) is 7.37. The predicted octanol–water partition coefficient (Wildman–Crippen LogP) is 4.04. The summed E-state index contributed by atoms with van der Waals surface area (Å²) in [4.78, 5) is 23.5. The number of hydrogen-bond acceptors (Lipinski definition) is 5. The molecule has 2 aromatic rings. The molecule has 0 aliphatic heterocycles. The van der Waals surface area contributed by atoms with Gasteiger partial charge in [0, 0.05) is 18.2 Å². The number of rotatable bonds is 8. The van der Waals surface area contributed by atoms with Gasteiger partial charge in [-0.1, -0.05) is 45.0 Å². The van der Waals surface area contributed by atoms with Crippen LogP contribution in [0.2, 0.25) is 0 Å². The molecule has 0 saturated heterocycles. The zero-order valence-electron chi connectivity index (χ0n) is 15.5. The second kappa shape index (κ2) is 10.8. The molecule has 2 aromatic carbocycles. The van der Waals surface area contributed by atoms with Gasteiger partial charge in [-0.25, -0.2) is 0 Å². The van der Waals surface area contributed by atoms with Crippen molar-refractivity contribution in [3.05, 3.63) is 35.9 Å². The number of fused-ring (bicyclic) bond motifs is 1. The average Bonchev–Trinajstić information content (AvgIpc) is 2.63. The van der Waals surface area contributed by atoms with E-state index in [4.69, 9.17) is 9.47 Å². The third-order valence-corrected chi connectivity index (χ3v) is 3.86. The van der Waals surface area contributed by atoms with Crippen LogP contribution in [-0.4, -0.2) is 25.0 Å². The van der Waals surface area contributed by atoms with E-state index >= 15 is 0 Å². The van der Waals surface area contributed by atoms with Crippen LogP contribution in [0, 0.1) is 0 Å². The molecule has 0 aromatic heterocycles. The van der Waals surface area contributed by atoms with Crippen molar-refractivity contribution < 1.29 is 19.1 Å². The SMILES string of the molecule is CCNCCc1ccc2c(OC(=O)CC)c(OC(=O)CC)ccc2c1.Cl. The third-order valence-electron chi connectivity index (χ3n) is 3.86. The van der Waals surface area contributed by atoms with Crippen LogP contribution in [-0.2, 0) is 16.0 Å². The first kappa shape index (κ1) is 21.9.